The maximum absolute atomic E-state index is 8.85. The van der Waals surface area contributed by atoms with Crippen molar-refractivity contribution in [1.29, 1.82) is 0 Å². The van der Waals surface area contributed by atoms with Gasteiger partial charge in [0, 0.05) is 0 Å². The molecule has 0 aromatic heterocycles. The minimum atomic E-state index is -4.42. The largest absolute Gasteiger partial charge is 0.736 e. The summed E-state index contributed by atoms with van der Waals surface area (Å²) in [6.45, 7) is -0.0625. The molecule has 0 heterocycles. The zero-order chi connectivity index (χ0) is 8.62. The van der Waals surface area contributed by atoms with Gasteiger partial charge in [-0.3, -0.25) is 0 Å². The third-order valence-electron chi connectivity index (χ3n) is 0.258. The first-order valence-electron chi connectivity index (χ1n) is 2.18. The smallest absolute Gasteiger partial charge is 0.178 e. The van der Waals surface area contributed by atoms with Crippen LogP contribution in [0.25, 0.3) is 0 Å². The van der Waals surface area contributed by atoms with E-state index in [-0.39, 0.29) is 13.5 Å². The van der Waals surface area contributed by atoms with E-state index in [4.69, 9.17) is 23.2 Å². The molecule has 0 rings (SSSR count). The van der Waals surface area contributed by atoms with Gasteiger partial charge in [0.1, 0.15) is 0 Å². The fourth-order valence-corrected chi connectivity index (χ4v) is 0.0577. The number of hydrogen-bond donors (Lipinski definition) is 4. The Morgan fingerprint density at radius 3 is 1.60 bits per heavy atom. The molecule has 7 nitrogen and oxygen atoms in total. The average molecular weight is 174 g/mol. The molecule has 0 atom stereocenters. The summed E-state index contributed by atoms with van der Waals surface area (Å²) >= 11 is 0. The van der Waals surface area contributed by atoms with Crippen molar-refractivity contribution in [2.45, 2.75) is 0 Å². The number of hydrogen-bond acceptors (Lipinski definition) is 5. The molecule has 10 heavy (non-hydrogen) atoms. The van der Waals surface area contributed by atoms with E-state index in [1.165, 1.54) is 5.32 Å². The zero-order valence-electron chi connectivity index (χ0n) is 5.10. The third-order valence-corrected chi connectivity index (χ3v) is 0.258. The molecule has 6 N–H and O–H groups in total. The first-order chi connectivity index (χ1) is 4.41. The maximum Gasteiger partial charge on any atom is 0.178 e. The third kappa shape index (κ3) is 115. The molecule has 0 radical (unpaired) electrons. The molecule has 0 saturated heterocycles. The first kappa shape index (κ1) is 12.4. The molecule has 0 aliphatic carbocycles. The molecular weight excluding hydrogens is 164 g/mol. The van der Waals surface area contributed by atoms with Crippen LogP contribution in [0.15, 0.2) is 0 Å². The Hall–Kier alpha value is -0.250. The lowest BCUT2D eigenvalue weighted by molar-refractivity contribution is -0.710. The monoisotopic (exact) mass is 174 g/mol. The highest BCUT2D eigenvalue weighted by Gasteiger charge is 1.68. The van der Waals surface area contributed by atoms with Crippen LogP contribution in [0.3, 0.4) is 0 Å². The highest BCUT2D eigenvalue weighted by atomic mass is 32.2. The van der Waals surface area contributed by atoms with Gasteiger partial charge in [0.25, 0.3) is 0 Å². The van der Waals surface area contributed by atoms with Gasteiger partial charge in [0.2, 0.25) is 0 Å². The molecule has 0 unspecified atom stereocenters. The van der Waals surface area contributed by atoms with Crippen LogP contribution in [-0.4, -0.2) is 36.6 Å². The topological polar surface area (TPSA) is 140 Å². The van der Waals surface area contributed by atoms with Crippen molar-refractivity contribution in [3.8, 4) is 0 Å². The second-order valence-corrected chi connectivity index (χ2v) is 2.13. The van der Waals surface area contributed by atoms with Crippen LogP contribution in [0, 0.1) is 0 Å². The predicted molar refractivity (Wildman–Crippen MR) is 30.0 cm³/mol. The van der Waals surface area contributed by atoms with Gasteiger partial charge in [-0.05, 0) is 0 Å². The molecular formula is C2H10N2O5S. The molecule has 0 saturated carbocycles. The van der Waals surface area contributed by atoms with Crippen LogP contribution in [0.1, 0.15) is 0 Å². The highest BCUT2D eigenvalue weighted by molar-refractivity contribution is 7.83. The Morgan fingerprint density at radius 1 is 1.40 bits per heavy atom. The molecule has 0 amide bonds. The molecule has 0 spiro atoms. The van der Waals surface area contributed by atoms with Gasteiger partial charge in [-0.15, -0.1) is 0 Å². The molecule has 0 aromatic rings. The fraction of sp³-hybridized carbons (Fsp3) is 1.00. The van der Waals surface area contributed by atoms with Crippen molar-refractivity contribution in [3.05, 3.63) is 0 Å². The number of quaternary nitrogens is 1. The first-order valence-corrected chi connectivity index (χ1v) is 3.66. The Labute approximate surface area is 58.4 Å². The van der Waals surface area contributed by atoms with E-state index in [1.807, 2.05) is 0 Å². The molecule has 0 aromatic carbocycles. The van der Waals surface area contributed by atoms with E-state index >= 15 is 0 Å². The van der Waals surface area contributed by atoms with Crippen LogP contribution in [0.5, 0.6) is 0 Å². The second-order valence-electron chi connectivity index (χ2n) is 1.15. The lowest BCUT2D eigenvalue weighted by atomic mass is 11.1. The van der Waals surface area contributed by atoms with E-state index in [2.05, 4.69) is 5.14 Å². The Bertz CT molecular complexity index is 132. The van der Waals surface area contributed by atoms with Gasteiger partial charge in [0.15, 0.2) is 23.8 Å². The average Bonchev–Trinajstić information content (AvgIpc) is 1.63. The van der Waals surface area contributed by atoms with Crippen molar-refractivity contribution in [2.24, 2.45) is 5.14 Å². The summed E-state index contributed by atoms with van der Waals surface area (Å²) in [6, 6.07) is 0. The Kier molecular flexibility index (Phi) is 8.53. The van der Waals surface area contributed by atoms with E-state index in [9.17, 15) is 0 Å². The van der Waals surface area contributed by atoms with Crippen LogP contribution >= 0.6 is 0 Å². The van der Waals surface area contributed by atoms with Gasteiger partial charge in [-0.1, -0.05) is 0 Å². The van der Waals surface area contributed by atoms with Crippen molar-refractivity contribution in [2.75, 3.05) is 13.5 Å². The normalized spacial score (nSPS) is 10.0. The summed E-state index contributed by atoms with van der Waals surface area (Å²) < 4.78 is 26.6. The summed E-state index contributed by atoms with van der Waals surface area (Å²) in [5.41, 5.74) is 0. The maximum atomic E-state index is 8.85. The molecule has 0 aliphatic rings. The van der Waals surface area contributed by atoms with E-state index in [0.717, 1.165) is 0 Å². The van der Waals surface area contributed by atoms with Gasteiger partial charge >= 0.3 is 0 Å². The van der Waals surface area contributed by atoms with Crippen LogP contribution in [-0.2, 0) is 10.3 Å². The van der Waals surface area contributed by atoms with E-state index in [1.54, 1.807) is 0 Å². The molecule has 64 valence electrons. The highest BCUT2D eigenvalue weighted by Crippen LogP contribution is 1.49. The minimum Gasteiger partial charge on any atom is -0.736 e. The van der Waals surface area contributed by atoms with Crippen molar-refractivity contribution < 1.29 is 28.5 Å². The molecule has 0 bridgehead atoms. The van der Waals surface area contributed by atoms with Crippen LogP contribution in [0.2, 0.25) is 0 Å². The summed E-state index contributed by atoms with van der Waals surface area (Å²) in [6.07, 6.45) is 0. The lowest BCUT2D eigenvalue weighted by Crippen LogP contribution is -2.84. The fourth-order valence-electron chi connectivity index (χ4n) is 0.0577. The summed E-state index contributed by atoms with van der Waals surface area (Å²) in [5.74, 6) is 0. The summed E-state index contributed by atoms with van der Waals surface area (Å²) in [7, 11) is -4.42. The number of aliphatic hydroxyl groups is 2. The molecule has 8 heteroatoms. The van der Waals surface area contributed by atoms with Crippen LogP contribution in [0.4, 0.5) is 0 Å². The molecule has 0 aliphatic heterocycles. The van der Waals surface area contributed by atoms with Crippen molar-refractivity contribution in [3.63, 3.8) is 0 Å². The zero-order valence-corrected chi connectivity index (χ0v) is 5.91. The summed E-state index contributed by atoms with van der Waals surface area (Å²) in [5, 5.41) is 20.8. The number of aliphatic hydroxyl groups excluding tert-OH is 2. The van der Waals surface area contributed by atoms with Crippen molar-refractivity contribution in [1.82, 2.24) is 0 Å². The quantitative estimate of drug-likeness (QED) is 0.248. The predicted octanol–water partition coefficient (Wildman–Crippen LogP) is -4.15. The minimum absolute atomic E-state index is 0.0312. The summed E-state index contributed by atoms with van der Waals surface area (Å²) in [4.78, 5) is 0. The Balaban J connectivity index is 0. The van der Waals surface area contributed by atoms with Gasteiger partial charge in [-0.2, -0.15) is 0 Å². The second kappa shape index (κ2) is 6.86. The van der Waals surface area contributed by atoms with E-state index < -0.39 is 10.3 Å². The number of rotatable bonds is 2. The van der Waals surface area contributed by atoms with E-state index in [0.29, 0.717) is 0 Å². The number of nitrogens with two attached hydrogens (primary N) is 2. The van der Waals surface area contributed by atoms with Crippen LogP contribution < -0.4 is 10.5 Å². The Morgan fingerprint density at radius 2 is 1.60 bits per heavy atom. The van der Waals surface area contributed by atoms with Gasteiger partial charge in [-0.25, -0.2) is 13.6 Å². The van der Waals surface area contributed by atoms with Crippen molar-refractivity contribution >= 4 is 10.3 Å². The van der Waals surface area contributed by atoms with Gasteiger partial charge in [0.05, 0.1) is 0 Å². The lowest BCUT2D eigenvalue weighted by Gasteiger charge is -1.90. The van der Waals surface area contributed by atoms with Gasteiger partial charge < -0.3 is 20.1 Å². The molecule has 0 fully saturated rings. The SMILES string of the molecule is NS(=O)(=O)[O-].OC[NH2+]CO. The standard InChI is InChI=1S/C2H7NO2.H3NO3S/c4-1-3-2-5;1-5(2,3)4/h3-5H,1-2H2;(H3,1,2,3,4).